The molecule has 39 heavy (non-hydrogen) atoms. The molecule has 0 saturated carbocycles. The van der Waals surface area contributed by atoms with Crippen LogP contribution in [-0.2, 0) is 19.6 Å². The van der Waals surface area contributed by atoms with Crippen molar-refractivity contribution in [1.29, 1.82) is 0 Å². The summed E-state index contributed by atoms with van der Waals surface area (Å²) in [5.74, 6) is 1.41. The molecule has 0 aliphatic carbocycles. The van der Waals surface area contributed by atoms with Crippen LogP contribution in [-0.4, -0.2) is 49.0 Å². The first-order valence-electron chi connectivity index (χ1n) is 13.0. The second-order valence-corrected chi connectivity index (χ2v) is 10.0. The van der Waals surface area contributed by atoms with Gasteiger partial charge in [-0.05, 0) is 59.7 Å². The van der Waals surface area contributed by atoms with Crippen LogP contribution in [0.25, 0.3) is 0 Å². The summed E-state index contributed by atoms with van der Waals surface area (Å²) in [4.78, 5) is 19.4. The molecule has 0 N–H and O–H groups in total. The summed E-state index contributed by atoms with van der Waals surface area (Å²) in [5, 5.41) is 0.713. The second kappa shape index (κ2) is 12.4. The SMILES string of the molecule is COc1ccc(CN(Cc2cccc(F)c2)Cc2ccc(C(=O)N3CCN(c4ccccc4Cl)CC3)o2)cc1. The van der Waals surface area contributed by atoms with Crippen molar-refractivity contribution >= 4 is 23.2 Å². The normalized spacial score (nSPS) is 13.6. The van der Waals surface area contributed by atoms with Gasteiger partial charge in [0.2, 0.25) is 0 Å². The van der Waals surface area contributed by atoms with Gasteiger partial charge in [-0.25, -0.2) is 4.39 Å². The molecule has 6 nitrogen and oxygen atoms in total. The molecule has 5 rings (SSSR count). The molecule has 0 bridgehead atoms. The van der Waals surface area contributed by atoms with Gasteiger partial charge < -0.3 is 19.0 Å². The Morgan fingerprint density at radius 3 is 2.36 bits per heavy atom. The average molecular weight is 548 g/mol. The molecule has 202 valence electrons. The van der Waals surface area contributed by atoms with E-state index in [0.717, 1.165) is 22.6 Å². The fraction of sp³-hybridized carbons (Fsp3) is 0.258. The third kappa shape index (κ3) is 6.80. The Balaban J connectivity index is 1.24. The molecule has 3 aromatic carbocycles. The van der Waals surface area contributed by atoms with E-state index in [4.69, 9.17) is 20.8 Å². The van der Waals surface area contributed by atoms with E-state index in [1.54, 1.807) is 25.3 Å². The lowest BCUT2D eigenvalue weighted by atomic mass is 10.1. The lowest BCUT2D eigenvalue weighted by molar-refractivity contribution is 0.0710. The molecule has 1 aliphatic heterocycles. The van der Waals surface area contributed by atoms with Gasteiger partial charge in [0, 0.05) is 39.3 Å². The van der Waals surface area contributed by atoms with Crippen LogP contribution in [0.5, 0.6) is 5.75 Å². The van der Waals surface area contributed by atoms with Gasteiger partial charge in [-0.2, -0.15) is 0 Å². The highest BCUT2D eigenvalue weighted by Gasteiger charge is 2.25. The van der Waals surface area contributed by atoms with Crippen molar-refractivity contribution in [1.82, 2.24) is 9.80 Å². The molecule has 0 spiro atoms. The van der Waals surface area contributed by atoms with E-state index < -0.39 is 0 Å². The van der Waals surface area contributed by atoms with E-state index >= 15 is 0 Å². The van der Waals surface area contributed by atoms with E-state index in [-0.39, 0.29) is 11.7 Å². The summed E-state index contributed by atoms with van der Waals surface area (Å²) in [5.41, 5.74) is 2.94. The van der Waals surface area contributed by atoms with E-state index in [1.807, 2.05) is 65.6 Å². The van der Waals surface area contributed by atoms with Crippen molar-refractivity contribution in [2.24, 2.45) is 0 Å². The zero-order valence-electron chi connectivity index (χ0n) is 21.9. The second-order valence-electron chi connectivity index (χ2n) is 9.62. The van der Waals surface area contributed by atoms with Crippen LogP contribution in [0.4, 0.5) is 10.1 Å². The number of ether oxygens (including phenoxy) is 1. The molecule has 1 aliphatic rings. The molecule has 1 amide bonds. The third-order valence-corrected chi connectivity index (χ3v) is 7.19. The summed E-state index contributed by atoms with van der Waals surface area (Å²) in [6.45, 7) is 4.19. The van der Waals surface area contributed by atoms with Gasteiger partial charge in [0.15, 0.2) is 5.76 Å². The van der Waals surface area contributed by atoms with Crippen LogP contribution in [0.2, 0.25) is 5.02 Å². The highest BCUT2D eigenvalue weighted by molar-refractivity contribution is 6.33. The third-order valence-electron chi connectivity index (χ3n) is 6.87. The fourth-order valence-corrected chi connectivity index (χ4v) is 5.12. The number of carbonyl (C=O) groups is 1. The predicted octanol–water partition coefficient (Wildman–Crippen LogP) is 6.25. The molecule has 4 aromatic rings. The standard InChI is InChI=1S/C31H31ClFN3O3/c1-38-26-11-9-23(10-12-26)20-34(21-24-5-4-6-25(33)19-24)22-27-13-14-30(39-27)31(37)36-17-15-35(16-18-36)29-8-3-2-7-28(29)32/h2-14,19H,15-18,20-22H2,1H3. The van der Waals surface area contributed by atoms with Crippen LogP contribution in [0.3, 0.4) is 0 Å². The van der Waals surface area contributed by atoms with Gasteiger partial charge >= 0.3 is 0 Å². The predicted molar refractivity (Wildman–Crippen MR) is 151 cm³/mol. The summed E-state index contributed by atoms with van der Waals surface area (Å²) in [6, 6.07) is 25.8. The van der Waals surface area contributed by atoms with E-state index in [1.165, 1.54) is 6.07 Å². The number of hydrogen-bond donors (Lipinski definition) is 0. The number of halogens is 2. The van der Waals surface area contributed by atoms with E-state index in [9.17, 15) is 9.18 Å². The maximum atomic E-state index is 13.9. The van der Waals surface area contributed by atoms with Crippen molar-refractivity contribution in [3.63, 3.8) is 0 Å². The molecule has 0 radical (unpaired) electrons. The zero-order valence-corrected chi connectivity index (χ0v) is 22.6. The lowest BCUT2D eigenvalue weighted by Gasteiger charge is -2.36. The summed E-state index contributed by atoms with van der Waals surface area (Å²) in [7, 11) is 1.64. The minimum Gasteiger partial charge on any atom is -0.497 e. The number of piperazine rings is 1. The number of methoxy groups -OCH3 is 1. The Bertz CT molecular complexity index is 1400. The largest absolute Gasteiger partial charge is 0.497 e. The minimum absolute atomic E-state index is 0.119. The van der Waals surface area contributed by atoms with Gasteiger partial charge in [-0.3, -0.25) is 9.69 Å². The molecular weight excluding hydrogens is 517 g/mol. The quantitative estimate of drug-likeness (QED) is 0.248. The number of hydrogen-bond acceptors (Lipinski definition) is 5. The van der Waals surface area contributed by atoms with Crippen LogP contribution >= 0.6 is 11.6 Å². The summed E-state index contributed by atoms with van der Waals surface area (Å²) >= 11 is 6.35. The molecule has 0 atom stereocenters. The molecule has 0 unspecified atom stereocenters. The monoisotopic (exact) mass is 547 g/mol. The summed E-state index contributed by atoms with van der Waals surface area (Å²) in [6.07, 6.45) is 0. The summed E-state index contributed by atoms with van der Waals surface area (Å²) < 4.78 is 25.2. The van der Waals surface area contributed by atoms with Gasteiger partial charge in [0.1, 0.15) is 17.3 Å². The molecule has 1 aromatic heterocycles. The molecule has 2 heterocycles. The molecule has 8 heteroatoms. The van der Waals surface area contributed by atoms with Crippen molar-refractivity contribution in [3.05, 3.63) is 118 Å². The van der Waals surface area contributed by atoms with Crippen LogP contribution in [0.15, 0.2) is 89.3 Å². The Hall–Kier alpha value is -3.81. The van der Waals surface area contributed by atoms with Crippen LogP contribution in [0, 0.1) is 5.82 Å². The van der Waals surface area contributed by atoms with Crippen LogP contribution in [0.1, 0.15) is 27.4 Å². The van der Waals surface area contributed by atoms with Gasteiger partial charge in [-0.1, -0.05) is 48.0 Å². The Kier molecular flexibility index (Phi) is 8.49. The average Bonchev–Trinajstić information content (AvgIpc) is 3.42. The molecule has 1 saturated heterocycles. The lowest BCUT2D eigenvalue weighted by Crippen LogP contribution is -2.48. The molecular formula is C31H31ClFN3O3. The fourth-order valence-electron chi connectivity index (χ4n) is 4.86. The number of nitrogens with zero attached hydrogens (tertiary/aromatic N) is 3. The smallest absolute Gasteiger partial charge is 0.289 e. The topological polar surface area (TPSA) is 49.2 Å². The molecule has 1 fully saturated rings. The first kappa shape index (κ1) is 26.8. The Morgan fingerprint density at radius 2 is 1.64 bits per heavy atom. The Morgan fingerprint density at radius 1 is 0.897 bits per heavy atom. The number of para-hydroxylation sites is 1. The van der Waals surface area contributed by atoms with Gasteiger partial charge in [0.25, 0.3) is 5.91 Å². The van der Waals surface area contributed by atoms with E-state index in [2.05, 4.69) is 9.80 Å². The van der Waals surface area contributed by atoms with Crippen molar-refractivity contribution in [3.8, 4) is 5.75 Å². The van der Waals surface area contributed by atoms with E-state index in [0.29, 0.717) is 62.4 Å². The maximum absolute atomic E-state index is 13.9. The van der Waals surface area contributed by atoms with Crippen molar-refractivity contribution < 1.29 is 18.3 Å². The highest BCUT2D eigenvalue weighted by Crippen LogP contribution is 2.26. The number of furan rings is 1. The number of benzene rings is 3. The van der Waals surface area contributed by atoms with Crippen molar-refractivity contribution in [2.75, 3.05) is 38.2 Å². The van der Waals surface area contributed by atoms with Gasteiger partial charge in [0.05, 0.1) is 24.4 Å². The Labute approximate surface area is 233 Å². The van der Waals surface area contributed by atoms with Gasteiger partial charge in [-0.15, -0.1) is 0 Å². The highest BCUT2D eigenvalue weighted by atomic mass is 35.5. The maximum Gasteiger partial charge on any atom is 0.289 e. The minimum atomic E-state index is -0.266. The van der Waals surface area contributed by atoms with Crippen molar-refractivity contribution in [2.45, 2.75) is 19.6 Å². The van der Waals surface area contributed by atoms with Crippen LogP contribution < -0.4 is 9.64 Å². The number of anilines is 1. The zero-order chi connectivity index (χ0) is 27.2. The number of carbonyl (C=O) groups excluding carboxylic acids is 1. The first-order valence-corrected chi connectivity index (χ1v) is 13.3. The number of amides is 1. The first-order chi connectivity index (χ1) is 19.0. The number of rotatable bonds is 9.